The van der Waals surface area contributed by atoms with Crippen LogP contribution in [0.5, 0.6) is 0 Å². The molecular formula is C23H20F2N2O3. The van der Waals surface area contributed by atoms with Crippen molar-refractivity contribution in [1.29, 1.82) is 0 Å². The average Bonchev–Trinajstić information content (AvgIpc) is 2.73. The number of hydrogen-bond acceptors (Lipinski definition) is 4. The number of halogens is 2. The van der Waals surface area contributed by atoms with Crippen molar-refractivity contribution in [1.82, 2.24) is 4.98 Å². The molecule has 1 heterocycles. The van der Waals surface area contributed by atoms with Crippen molar-refractivity contribution >= 4 is 28.5 Å². The first kappa shape index (κ1) is 19.9. The van der Waals surface area contributed by atoms with E-state index in [-0.39, 0.29) is 0 Å². The quantitative estimate of drug-likeness (QED) is 0.646. The van der Waals surface area contributed by atoms with E-state index in [1.165, 1.54) is 6.07 Å². The van der Waals surface area contributed by atoms with Crippen LogP contribution in [-0.2, 0) is 22.4 Å². The molecule has 5 nitrogen and oxygen atoms in total. The van der Waals surface area contributed by atoms with Crippen LogP contribution in [-0.4, -0.2) is 23.5 Å². The van der Waals surface area contributed by atoms with Gasteiger partial charge in [-0.05, 0) is 48.9 Å². The standard InChI is InChI=1S/C23H20F2N2O3/c1-13-9-10-19-15(11-13)21(14-5-2-3-8-18(14)26-19)23(29)30-12-20(28)27-22-16(24)6-4-7-17(22)25/h2-8,13H,9-12H2,1H3,(H,27,28). The molecule has 3 aromatic rings. The van der Waals surface area contributed by atoms with Crippen molar-refractivity contribution in [3.05, 3.63) is 70.9 Å². The SMILES string of the molecule is CC1CCc2nc3ccccc3c(C(=O)OCC(=O)Nc3c(F)cccc3F)c2C1. The minimum absolute atomic E-state index is 0.402. The van der Waals surface area contributed by atoms with Crippen molar-refractivity contribution in [3.63, 3.8) is 0 Å². The summed E-state index contributed by atoms with van der Waals surface area (Å²) >= 11 is 0. The van der Waals surface area contributed by atoms with Gasteiger partial charge in [0, 0.05) is 11.1 Å². The van der Waals surface area contributed by atoms with E-state index < -0.39 is 35.8 Å². The van der Waals surface area contributed by atoms with Gasteiger partial charge < -0.3 is 10.1 Å². The van der Waals surface area contributed by atoms with Crippen LogP contribution in [0.25, 0.3) is 10.9 Å². The van der Waals surface area contributed by atoms with Crippen LogP contribution in [0, 0.1) is 17.6 Å². The van der Waals surface area contributed by atoms with E-state index in [0.29, 0.717) is 28.8 Å². The molecule has 30 heavy (non-hydrogen) atoms. The number of fused-ring (bicyclic) bond motifs is 2. The highest BCUT2D eigenvalue weighted by Crippen LogP contribution is 2.32. The smallest absolute Gasteiger partial charge is 0.339 e. The van der Waals surface area contributed by atoms with E-state index in [1.807, 2.05) is 18.2 Å². The number of aromatic nitrogens is 1. The molecule has 0 radical (unpaired) electrons. The zero-order chi connectivity index (χ0) is 21.3. The fourth-order valence-electron chi connectivity index (χ4n) is 3.79. The molecule has 2 aromatic carbocycles. The first-order valence-corrected chi connectivity index (χ1v) is 9.75. The van der Waals surface area contributed by atoms with Crippen LogP contribution in [0.1, 0.15) is 35.0 Å². The molecule has 1 aliphatic rings. The molecule has 1 atom stereocenters. The third-order valence-corrected chi connectivity index (χ3v) is 5.27. The molecule has 0 aliphatic heterocycles. The predicted molar refractivity (Wildman–Crippen MR) is 108 cm³/mol. The molecule has 1 aliphatic carbocycles. The highest BCUT2D eigenvalue weighted by atomic mass is 19.1. The van der Waals surface area contributed by atoms with Crippen LogP contribution in [0.2, 0.25) is 0 Å². The van der Waals surface area contributed by atoms with Gasteiger partial charge in [0.25, 0.3) is 5.91 Å². The van der Waals surface area contributed by atoms with Gasteiger partial charge in [-0.2, -0.15) is 0 Å². The second-order valence-corrected chi connectivity index (χ2v) is 7.50. The Morgan fingerprint density at radius 2 is 1.87 bits per heavy atom. The molecule has 4 rings (SSSR count). The van der Waals surface area contributed by atoms with Crippen LogP contribution < -0.4 is 5.32 Å². The van der Waals surface area contributed by atoms with Crippen LogP contribution >= 0.6 is 0 Å². The van der Waals surface area contributed by atoms with Gasteiger partial charge in [-0.3, -0.25) is 9.78 Å². The highest BCUT2D eigenvalue weighted by molar-refractivity contribution is 6.06. The van der Waals surface area contributed by atoms with Crippen molar-refractivity contribution in [2.75, 3.05) is 11.9 Å². The molecule has 1 amide bonds. The van der Waals surface area contributed by atoms with Gasteiger partial charge in [0.15, 0.2) is 6.61 Å². The molecule has 1 aromatic heterocycles. The first-order chi connectivity index (χ1) is 14.4. The zero-order valence-corrected chi connectivity index (χ0v) is 16.4. The Morgan fingerprint density at radius 3 is 2.63 bits per heavy atom. The number of hydrogen-bond donors (Lipinski definition) is 1. The van der Waals surface area contributed by atoms with E-state index in [9.17, 15) is 18.4 Å². The van der Waals surface area contributed by atoms with Crippen molar-refractivity contribution in [2.24, 2.45) is 5.92 Å². The summed E-state index contributed by atoms with van der Waals surface area (Å²) in [5, 5.41) is 2.78. The van der Waals surface area contributed by atoms with Crippen molar-refractivity contribution in [2.45, 2.75) is 26.2 Å². The third kappa shape index (κ3) is 3.87. The van der Waals surface area contributed by atoms with Crippen LogP contribution in [0.15, 0.2) is 42.5 Å². The summed E-state index contributed by atoms with van der Waals surface area (Å²) in [7, 11) is 0. The number of nitrogens with zero attached hydrogens (tertiary/aromatic N) is 1. The summed E-state index contributed by atoms with van der Waals surface area (Å²) in [4.78, 5) is 29.8. The van der Waals surface area contributed by atoms with Gasteiger partial charge in [-0.25, -0.2) is 13.6 Å². The van der Waals surface area contributed by atoms with Gasteiger partial charge in [0.05, 0.1) is 11.1 Å². The van der Waals surface area contributed by atoms with Crippen molar-refractivity contribution < 1.29 is 23.1 Å². The first-order valence-electron chi connectivity index (χ1n) is 9.75. The molecule has 1 N–H and O–H groups in total. The number of pyridine rings is 1. The number of nitrogens with one attached hydrogen (secondary N) is 1. The highest BCUT2D eigenvalue weighted by Gasteiger charge is 2.26. The number of para-hydroxylation sites is 2. The number of anilines is 1. The lowest BCUT2D eigenvalue weighted by Crippen LogP contribution is -2.24. The number of esters is 1. The monoisotopic (exact) mass is 410 g/mol. The van der Waals surface area contributed by atoms with Gasteiger partial charge >= 0.3 is 5.97 Å². The fourth-order valence-corrected chi connectivity index (χ4v) is 3.79. The van der Waals surface area contributed by atoms with E-state index in [0.717, 1.165) is 36.2 Å². The molecule has 0 saturated heterocycles. The summed E-state index contributed by atoms with van der Waals surface area (Å²) in [6.07, 6.45) is 2.46. The average molecular weight is 410 g/mol. The van der Waals surface area contributed by atoms with Gasteiger partial charge in [-0.1, -0.05) is 31.2 Å². The lowest BCUT2D eigenvalue weighted by atomic mass is 9.84. The lowest BCUT2D eigenvalue weighted by molar-refractivity contribution is -0.119. The number of ether oxygens (including phenoxy) is 1. The van der Waals surface area contributed by atoms with Gasteiger partial charge in [-0.15, -0.1) is 0 Å². The molecule has 7 heteroatoms. The van der Waals surface area contributed by atoms with Gasteiger partial charge in [0.1, 0.15) is 17.3 Å². The Labute approximate surface area is 172 Å². The molecule has 0 saturated carbocycles. The summed E-state index contributed by atoms with van der Waals surface area (Å²) in [6, 6.07) is 10.5. The Morgan fingerprint density at radius 1 is 1.13 bits per heavy atom. The number of carbonyl (C=O) groups is 2. The molecule has 154 valence electrons. The summed E-state index contributed by atoms with van der Waals surface area (Å²) in [6.45, 7) is 1.46. The maximum absolute atomic E-state index is 13.7. The van der Waals surface area contributed by atoms with E-state index >= 15 is 0 Å². The second kappa shape index (κ2) is 8.18. The molecule has 0 spiro atoms. The molecule has 0 bridgehead atoms. The maximum atomic E-state index is 13.7. The molecular weight excluding hydrogens is 390 g/mol. The molecule has 0 fully saturated rings. The number of carbonyl (C=O) groups excluding carboxylic acids is 2. The number of rotatable bonds is 4. The molecule has 1 unspecified atom stereocenters. The van der Waals surface area contributed by atoms with E-state index in [4.69, 9.17) is 9.72 Å². The summed E-state index contributed by atoms with van der Waals surface area (Å²) in [5.41, 5.74) is 2.25. The lowest BCUT2D eigenvalue weighted by Gasteiger charge is -2.24. The van der Waals surface area contributed by atoms with Gasteiger partial charge in [0.2, 0.25) is 0 Å². The number of amides is 1. The van der Waals surface area contributed by atoms with Crippen LogP contribution in [0.4, 0.5) is 14.5 Å². The Balaban J connectivity index is 1.58. The topological polar surface area (TPSA) is 68.3 Å². The zero-order valence-electron chi connectivity index (χ0n) is 16.4. The van der Waals surface area contributed by atoms with E-state index in [1.54, 1.807) is 6.07 Å². The normalized spacial score (nSPS) is 15.5. The fraction of sp³-hybridized carbons (Fsp3) is 0.261. The number of benzene rings is 2. The van der Waals surface area contributed by atoms with Crippen molar-refractivity contribution in [3.8, 4) is 0 Å². The maximum Gasteiger partial charge on any atom is 0.339 e. The Bertz CT molecular complexity index is 1130. The second-order valence-electron chi connectivity index (χ2n) is 7.50. The largest absolute Gasteiger partial charge is 0.452 e. The Hall–Kier alpha value is -3.35. The van der Waals surface area contributed by atoms with Crippen LogP contribution in [0.3, 0.4) is 0 Å². The summed E-state index contributed by atoms with van der Waals surface area (Å²) < 4.78 is 32.6. The minimum atomic E-state index is -0.905. The minimum Gasteiger partial charge on any atom is -0.452 e. The summed E-state index contributed by atoms with van der Waals surface area (Å²) in [5.74, 6) is -2.88. The van der Waals surface area contributed by atoms with E-state index in [2.05, 4.69) is 12.2 Å². The third-order valence-electron chi connectivity index (χ3n) is 5.27. The number of aryl methyl sites for hydroxylation is 1. The Kier molecular flexibility index (Phi) is 5.44. The predicted octanol–water partition coefficient (Wildman–Crippen LogP) is 4.43.